The maximum atomic E-state index is 6.74. The third kappa shape index (κ3) is 20.0. The Bertz CT molecular complexity index is 1430. The summed E-state index contributed by atoms with van der Waals surface area (Å²) in [5.41, 5.74) is 3.84. The molecule has 324 valence electrons. The molecule has 0 saturated heterocycles. The van der Waals surface area contributed by atoms with Crippen LogP contribution in [0.3, 0.4) is 0 Å². The monoisotopic (exact) mass is 815 g/mol. The third-order valence-corrected chi connectivity index (χ3v) is 9.81. The van der Waals surface area contributed by atoms with Gasteiger partial charge in [-0.3, -0.25) is 0 Å². The number of rotatable bonds is 37. The van der Waals surface area contributed by atoms with Crippen LogP contribution in [0.15, 0.2) is 115 Å². The lowest BCUT2D eigenvalue weighted by Gasteiger charge is -2.36. The van der Waals surface area contributed by atoms with Gasteiger partial charge in [0.25, 0.3) is 0 Å². The van der Waals surface area contributed by atoms with Crippen molar-refractivity contribution in [3.63, 3.8) is 0 Å². The quantitative estimate of drug-likeness (QED) is 0.0327. The highest BCUT2D eigenvalue weighted by molar-refractivity contribution is 5.47. The summed E-state index contributed by atoms with van der Waals surface area (Å²) in [6.07, 6.45) is 10.5. The van der Waals surface area contributed by atoms with Gasteiger partial charge in [0, 0.05) is 0 Å². The van der Waals surface area contributed by atoms with Gasteiger partial charge >= 0.3 is 0 Å². The van der Waals surface area contributed by atoms with Crippen molar-refractivity contribution in [3.05, 3.63) is 138 Å². The molecule has 4 aromatic carbocycles. The Hall–Kier alpha value is -3.64. The zero-order chi connectivity index (χ0) is 41.2. The summed E-state index contributed by atoms with van der Waals surface area (Å²) < 4.78 is 52.1. The Morgan fingerprint density at radius 1 is 0.339 bits per heavy atom. The van der Waals surface area contributed by atoms with Crippen molar-refractivity contribution in [1.29, 1.82) is 0 Å². The zero-order valence-electron chi connectivity index (χ0n) is 35.6. The van der Waals surface area contributed by atoms with Gasteiger partial charge in [0.15, 0.2) is 0 Å². The van der Waals surface area contributed by atoms with Crippen molar-refractivity contribution in [3.8, 4) is 5.75 Å². The fourth-order valence-corrected chi connectivity index (χ4v) is 6.70. The second kappa shape index (κ2) is 32.2. The summed E-state index contributed by atoms with van der Waals surface area (Å²) in [6.45, 7) is 10.3. The smallest absolute Gasteiger partial charge is 0.143 e. The van der Waals surface area contributed by atoms with Crippen molar-refractivity contribution in [2.24, 2.45) is 0 Å². The molecule has 0 radical (unpaired) electrons. The van der Waals surface area contributed by atoms with Crippen LogP contribution in [0.4, 0.5) is 0 Å². The molecule has 0 spiro atoms. The van der Waals surface area contributed by atoms with Gasteiger partial charge in [0.2, 0.25) is 0 Å². The maximum absolute atomic E-state index is 6.74. The lowest BCUT2D eigenvalue weighted by molar-refractivity contribution is -0.0397. The summed E-state index contributed by atoms with van der Waals surface area (Å²) in [6, 6.07) is 39.5. The largest absolute Gasteiger partial charge is 0.491 e. The van der Waals surface area contributed by atoms with E-state index in [0.29, 0.717) is 106 Å². The highest BCUT2D eigenvalue weighted by atomic mass is 16.6. The first-order valence-corrected chi connectivity index (χ1v) is 21.9. The number of unbranched alkanes of at least 4 members (excludes halogenated alkanes) is 6. The molecule has 0 aliphatic carbocycles. The highest BCUT2D eigenvalue weighted by Gasteiger charge is 2.37. The fraction of sp³-hybridized carbons (Fsp3) is 0.520. The summed E-state index contributed by atoms with van der Waals surface area (Å²) in [5, 5.41) is 0. The first kappa shape index (κ1) is 48.0. The summed E-state index contributed by atoms with van der Waals surface area (Å²) in [7, 11) is 0. The zero-order valence-corrected chi connectivity index (χ0v) is 35.6. The van der Waals surface area contributed by atoms with E-state index in [9.17, 15) is 0 Å². The van der Waals surface area contributed by atoms with E-state index in [1.807, 2.05) is 54.6 Å². The minimum absolute atomic E-state index is 0.419. The molecule has 0 bridgehead atoms. The molecule has 4 rings (SSSR count). The number of benzene rings is 4. The maximum Gasteiger partial charge on any atom is 0.143 e. The predicted octanol–water partition coefficient (Wildman–Crippen LogP) is 9.48. The number of aryl methyl sites for hydroxylation is 1. The van der Waals surface area contributed by atoms with Gasteiger partial charge in [0.1, 0.15) is 18.0 Å². The molecule has 0 aromatic heterocycles. The Balaban J connectivity index is 0.885. The molecule has 0 atom stereocenters. The van der Waals surface area contributed by atoms with Crippen LogP contribution in [0, 0.1) is 0 Å². The van der Waals surface area contributed by atoms with Gasteiger partial charge in [-0.15, -0.1) is 0 Å². The van der Waals surface area contributed by atoms with Crippen molar-refractivity contribution in [2.45, 2.75) is 63.9 Å². The van der Waals surface area contributed by atoms with Crippen molar-refractivity contribution < 1.29 is 42.6 Å². The van der Waals surface area contributed by atoms with Crippen LogP contribution >= 0.6 is 0 Å². The van der Waals surface area contributed by atoms with Crippen LogP contribution in [-0.2, 0) is 49.9 Å². The molecule has 59 heavy (non-hydrogen) atoms. The van der Waals surface area contributed by atoms with Gasteiger partial charge in [-0.25, -0.2) is 0 Å². The molecule has 0 fully saturated rings. The first-order chi connectivity index (χ1) is 29.3. The topological polar surface area (TPSA) is 83.1 Å². The predicted molar refractivity (Wildman–Crippen MR) is 235 cm³/mol. The Labute approximate surface area is 354 Å². The lowest BCUT2D eigenvalue weighted by Crippen LogP contribution is -2.34. The third-order valence-electron chi connectivity index (χ3n) is 9.81. The minimum atomic E-state index is -0.749. The van der Waals surface area contributed by atoms with E-state index in [4.69, 9.17) is 42.6 Å². The summed E-state index contributed by atoms with van der Waals surface area (Å²) in [4.78, 5) is 0. The van der Waals surface area contributed by atoms with E-state index >= 15 is 0 Å². The number of hydrogen-bond acceptors (Lipinski definition) is 9. The Morgan fingerprint density at radius 2 is 0.678 bits per heavy atom. The number of ether oxygens (including phenoxy) is 9. The highest BCUT2D eigenvalue weighted by Crippen LogP contribution is 2.40. The first-order valence-electron chi connectivity index (χ1n) is 21.9. The lowest BCUT2D eigenvalue weighted by atomic mass is 9.80. The Morgan fingerprint density at radius 3 is 1.07 bits per heavy atom. The van der Waals surface area contributed by atoms with Crippen molar-refractivity contribution in [2.75, 3.05) is 106 Å². The van der Waals surface area contributed by atoms with E-state index < -0.39 is 5.60 Å². The fourth-order valence-electron chi connectivity index (χ4n) is 6.70. The van der Waals surface area contributed by atoms with Crippen molar-refractivity contribution >= 4 is 0 Å². The molecular formula is C50H70O9. The number of hydrogen-bond donors (Lipinski definition) is 0. The van der Waals surface area contributed by atoms with E-state index in [0.717, 1.165) is 28.9 Å². The molecule has 0 saturated carbocycles. The van der Waals surface area contributed by atoms with Crippen LogP contribution in [0.1, 0.15) is 74.1 Å². The summed E-state index contributed by atoms with van der Waals surface area (Å²) in [5.74, 6) is 0.887. The van der Waals surface area contributed by atoms with E-state index in [1.54, 1.807) is 0 Å². The molecular weight excluding hydrogens is 745 g/mol. The minimum Gasteiger partial charge on any atom is -0.491 e. The van der Waals surface area contributed by atoms with E-state index in [1.165, 1.54) is 50.5 Å². The molecule has 9 heteroatoms. The SMILES string of the molecule is CCCCCCCCCc1ccc(OCCOCCOCCOCCOCCOCCOCCOCCOC(c2ccccc2)(c2ccccc2)c2ccccc2)cc1. The molecule has 4 aromatic rings. The standard InChI is InChI=1S/C50H70O9/c1-2-3-4-5-6-7-11-18-45-25-27-49(28-26-45)58-43-41-56-39-37-54-35-33-52-31-29-51-30-32-53-34-36-55-38-40-57-42-44-59-50(46-19-12-8-13-20-46,47-21-14-9-15-22-47)48-23-16-10-17-24-48/h8-10,12-17,19-28H,2-7,11,18,29-44H2,1H3. The van der Waals surface area contributed by atoms with Gasteiger partial charge < -0.3 is 42.6 Å². The molecule has 0 unspecified atom stereocenters. The average molecular weight is 815 g/mol. The van der Waals surface area contributed by atoms with Crippen LogP contribution in [0.25, 0.3) is 0 Å². The summed E-state index contributed by atoms with van der Waals surface area (Å²) >= 11 is 0. The van der Waals surface area contributed by atoms with Crippen LogP contribution in [0.5, 0.6) is 5.75 Å². The van der Waals surface area contributed by atoms with Gasteiger partial charge in [-0.1, -0.05) is 149 Å². The second-order valence-corrected chi connectivity index (χ2v) is 14.3. The molecule has 0 heterocycles. The Kier molecular flexibility index (Phi) is 26.2. The van der Waals surface area contributed by atoms with Crippen LogP contribution in [-0.4, -0.2) is 106 Å². The van der Waals surface area contributed by atoms with Crippen LogP contribution in [0.2, 0.25) is 0 Å². The van der Waals surface area contributed by atoms with Gasteiger partial charge in [-0.05, 0) is 47.2 Å². The van der Waals surface area contributed by atoms with Crippen molar-refractivity contribution in [1.82, 2.24) is 0 Å². The molecule has 0 amide bonds. The second-order valence-electron chi connectivity index (χ2n) is 14.3. The average Bonchev–Trinajstić information content (AvgIpc) is 3.29. The van der Waals surface area contributed by atoms with Gasteiger partial charge in [0.05, 0.1) is 99.1 Å². The van der Waals surface area contributed by atoms with E-state index in [-0.39, 0.29) is 0 Å². The molecule has 0 N–H and O–H groups in total. The molecule has 0 aliphatic rings. The molecule has 0 aliphatic heterocycles. The van der Waals surface area contributed by atoms with Crippen LogP contribution < -0.4 is 4.74 Å². The normalized spacial score (nSPS) is 11.6. The molecule has 9 nitrogen and oxygen atoms in total. The van der Waals surface area contributed by atoms with E-state index in [2.05, 4.69) is 67.6 Å². The van der Waals surface area contributed by atoms with Gasteiger partial charge in [-0.2, -0.15) is 0 Å².